The first-order valence-corrected chi connectivity index (χ1v) is 19.6. The number of carbonyl (C=O) groups is 3. The number of pyridine rings is 1. The summed E-state index contributed by atoms with van der Waals surface area (Å²) in [4.78, 5) is 51.7. The van der Waals surface area contributed by atoms with Crippen LogP contribution in [0.4, 0.5) is 21.6 Å². The maximum Gasteiger partial charge on any atom is 0.259 e. The van der Waals surface area contributed by atoms with E-state index in [2.05, 4.69) is 10.2 Å². The number of fused-ring (bicyclic) bond motifs is 4. The summed E-state index contributed by atoms with van der Waals surface area (Å²) < 4.78 is 20.1. The fraction of sp³-hybridized carbons (Fsp3) is 0.227. The minimum absolute atomic E-state index is 0.136. The highest BCUT2D eigenvalue weighted by atomic mass is 35.5. The number of nitrogens with zero attached hydrogens (tertiary/aromatic N) is 3. The summed E-state index contributed by atoms with van der Waals surface area (Å²) >= 11 is 7.57. The van der Waals surface area contributed by atoms with Gasteiger partial charge in [0.2, 0.25) is 0 Å². The van der Waals surface area contributed by atoms with Crippen molar-refractivity contribution >= 4 is 68.6 Å². The third kappa shape index (κ3) is 6.68. The van der Waals surface area contributed by atoms with Crippen molar-refractivity contribution in [2.24, 2.45) is 5.41 Å². The van der Waals surface area contributed by atoms with E-state index in [1.54, 1.807) is 35.2 Å². The topological polar surface area (TPSA) is 91.8 Å². The molecular weight excluding hydrogens is 735 g/mol. The first-order chi connectivity index (χ1) is 26.7. The van der Waals surface area contributed by atoms with E-state index in [1.165, 1.54) is 23.5 Å². The van der Waals surface area contributed by atoms with Crippen LogP contribution in [0.1, 0.15) is 54.4 Å². The lowest BCUT2D eigenvalue weighted by Gasteiger charge is -2.53. The van der Waals surface area contributed by atoms with Crippen LogP contribution in [0, 0.1) is 11.2 Å². The van der Waals surface area contributed by atoms with Gasteiger partial charge in [-0.05, 0) is 85.5 Å². The van der Waals surface area contributed by atoms with Crippen LogP contribution in [0.25, 0.3) is 21.3 Å². The number of anilines is 3. The van der Waals surface area contributed by atoms with Gasteiger partial charge in [0.25, 0.3) is 11.8 Å². The van der Waals surface area contributed by atoms with Crippen molar-refractivity contribution < 1.29 is 23.5 Å². The maximum atomic E-state index is 14.5. The number of hydrogen-bond acceptors (Lipinski definition) is 7. The molecule has 5 heterocycles. The quantitative estimate of drug-likeness (QED) is 0.163. The second-order valence-electron chi connectivity index (χ2n) is 14.5. The molecule has 276 valence electrons. The van der Waals surface area contributed by atoms with Gasteiger partial charge in [-0.15, -0.1) is 11.3 Å². The maximum absolute atomic E-state index is 14.5. The molecule has 55 heavy (non-hydrogen) atoms. The molecule has 2 amide bonds. The fourth-order valence-corrected chi connectivity index (χ4v) is 9.40. The van der Waals surface area contributed by atoms with Crippen molar-refractivity contribution in [3.05, 3.63) is 141 Å². The molecule has 4 aromatic carbocycles. The summed E-state index contributed by atoms with van der Waals surface area (Å²) in [6, 6.07) is 30.6. The molecule has 9 rings (SSSR count). The molecule has 2 fully saturated rings. The number of rotatable bonds is 7. The number of halogens is 2. The van der Waals surface area contributed by atoms with E-state index in [1.807, 2.05) is 60.7 Å². The summed E-state index contributed by atoms with van der Waals surface area (Å²) in [5, 5.41) is 4.16. The van der Waals surface area contributed by atoms with Gasteiger partial charge in [-0.25, -0.2) is 9.37 Å². The fourth-order valence-electron chi connectivity index (χ4n) is 7.99. The predicted octanol–water partition coefficient (Wildman–Crippen LogP) is 9.25. The largest absolute Gasteiger partial charge is 0.381 e. The molecule has 8 nitrogen and oxygen atoms in total. The predicted molar refractivity (Wildman–Crippen MR) is 215 cm³/mol. The SMILES string of the molecule is O=C(Cc1c(F)cccc1Cl)c1cc2c(s1)-c1ccccc1N(C(=O)c1ccc(NC(=O)c3cc4ccccc4nc3N3CC4(CCOCC4)C3)cc1)CC2. The lowest BCUT2D eigenvalue weighted by atomic mass is 9.73. The number of hydrogen-bond donors (Lipinski definition) is 1. The van der Waals surface area contributed by atoms with Crippen molar-refractivity contribution in [2.45, 2.75) is 25.7 Å². The highest BCUT2D eigenvalue weighted by Gasteiger charge is 2.45. The van der Waals surface area contributed by atoms with Gasteiger partial charge in [0.1, 0.15) is 11.6 Å². The number of carbonyl (C=O) groups excluding carboxylic acids is 3. The van der Waals surface area contributed by atoms with Crippen LogP contribution in [0.5, 0.6) is 0 Å². The van der Waals surface area contributed by atoms with E-state index >= 15 is 0 Å². The molecule has 11 heteroatoms. The minimum Gasteiger partial charge on any atom is -0.381 e. The Bertz CT molecular complexity index is 2470. The molecule has 0 aliphatic carbocycles. The Morgan fingerprint density at radius 2 is 1.67 bits per heavy atom. The van der Waals surface area contributed by atoms with E-state index in [4.69, 9.17) is 21.3 Å². The Hall–Kier alpha value is -5.42. The molecule has 2 saturated heterocycles. The highest BCUT2D eigenvalue weighted by molar-refractivity contribution is 7.17. The zero-order valence-electron chi connectivity index (χ0n) is 29.8. The van der Waals surface area contributed by atoms with Gasteiger partial charge in [0.15, 0.2) is 5.78 Å². The van der Waals surface area contributed by atoms with Gasteiger partial charge in [0, 0.05) is 82.3 Å². The van der Waals surface area contributed by atoms with Crippen molar-refractivity contribution in [2.75, 3.05) is 48.0 Å². The van der Waals surface area contributed by atoms with Crippen LogP contribution in [0.3, 0.4) is 0 Å². The van der Waals surface area contributed by atoms with Crippen molar-refractivity contribution in [3.63, 3.8) is 0 Å². The van der Waals surface area contributed by atoms with Crippen molar-refractivity contribution in [1.82, 2.24) is 4.98 Å². The normalized spacial score (nSPS) is 15.9. The summed E-state index contributed by atoms with van der Waals surface area (Å²) in [6.07, 6.45) is 2.42. The monoisotopic (exact) mass is 770 g/mol. The molecule has 1 N–H and O–H groups in total. The Morgan fingerprint density at radius 3 is 2.47 bits per heavy atom. The van der Waals surface area contributed by atoms with E-state index < -0.39 is 5.82 Å². The molecule has 0 radical (unpaired) electrons. The van der Waals surface area contributed by atoms with Gasteiger partial charge < -0.3 is 19.9 Å². The van der Waals surface area contributed by atoms with Crippen LogP contribution < -0.4 is 15.1 Å². The van der Waals surface area contributed by atoms with E-state index in [0.29, 0.717) is 40.5 Å². The summed E-state index contributed by atoms with van der Waals surface area (Å²) in [5.41, 5.74) is 5.34. The second-order valence-corrected chi connectivity index (χ2v) is 16.0. The average molecular weight is 771 g/mol. The number of thiophene rings is 1. The molecule has 0 saturated carbocycles. The van der Waals surface area contributed by atoms with Crippen LogP contribution in [0.15, 0.2) is 103 Å². The molecule has 2 aromatic heterocycles. The Labute approximate surface area is 326 Å². The van der Waals surface area contributed by atoms with Crippen LogP contribution in [-0.4, -0.2) is 55.4 Å². The smallest absolute Gasteiger partial charge is 0.259 e. The molecule has 3 aliphatic rings. The van der Waals surface area contributed by atoms with Gasteiger partial charge in [-0.3, -0.25) is 14.4 Å². The van der Waals surface area contributed by atoms with Crippen LogP contribution in [0.2, 0.25) is 5.02 Å². The standard InChI is InChI=1S/C44H36ClFN4O4S/c45-34-8-5-9-35(46)32(34)24-38(51)39-23-29-16-19-50(37-11-4-2-7-31(37)40(29)55-39)43(53)27-12-14-30(15-13-27)47-42(52)33-22-28-6-1-3-10-36(28)48-41(33)49-25-44(26-49)17-20-54-21-18-44/h1-15,22-23H,16-21,24-26H2,(H,47,52). The van der Waals surface area contributed by atoms with E-state index in [0.717, 1.165) is 71.7 Å². The first kappa shape index (κ1) is 35.3. The molecular formula is C44H36ClFN4O4S. The number of ketones is 1. The molecule has 1 spiro atoms. The van der Waals surface area contributed by atoms with Gasteiger partial charge in [-0.2, -0.15) is 0 Å². The van der Waals surface area contributed by atoms with Crippen molar-refractivity contribution in [1.29, 1.82) is 0 Å². The van der Waals surface area contributed by atoms with Crippen molar-refractivity contribution in [3.8, 4) is 10.4 Å². The first-order valence-electron chi connectivity index (χ1n) is 18.4. The molecule has 0 bridgehead atoms. The second kappa shape index (κ2) is 14.3. The molecule has 0 unspecified atom stereocenters. The Morgan fingerprint density at radius 1 is 0.909 bits per heavy atom. The number of nitrogens with one attached hydrogen (secondary N) is 1. The number of ether oxygens (including phenoxy) is 1. The van der Waals surface area contributed by atoms with E-state index in [-0.39, 0.29) is 40.0 Å². The summed E-state index contributed by atoms with van der Waals surface area (Å²) in [5.74, 6) is -0.468. The Balaban J connectivity index is 0.927. The zero-order chi connectivity index (χ0) is 37.7. The van der Waals surface area contributed by atoms with E-state index in [9.17, 15) is 18.8 Å². The minimum atomic E-state index is -0.504. The van der Waals surface area contributed by atoms with Gasteiger partial charge in [0.05, 0.1) is 21.6 Å². The third-order valence-electron chi connectivity index (χ3n) is 11.0. The third-order valence-corrected chi connectivity index (χ3v) is 12.6. The number of aromatic nitrogens is 1. The van der Waals surface area contributed by atoms with Crippen LogP contribution in [-0.2, 0) is 17.6 Å². The van der Waals surface area contributed by atoms with Gasteiger partial charge >= 0.3 is 0 Å². The van der Waals surface area contributed by atoms with Gasteiger partial charge in [-0.1, -0.05) is 54.1 Å². The number of para-hydroxylation sites is 2. The lowest BCUT2D eigenvalue weighted by Crippen LogP contribution is -2.59. The van der Waals surface area contributed by atoms with Crippen LogP contribution >= 0.6 is 22.9 Å². The molecule has 0 atom stereocenters. The molecule has 6 aromatic rings. The summed E-state index contributed by atoms with van der Waals surface area (Å²) in [6.45, 7) is 3.62. The number of benzene rings is 4. The average Bonchev–Trinajstić information content (AvgIpc) is 3.56. The Kier molecular flexibility index (Phi) is 9.20. The summed E-state index contributed by atoms with van der Waals surface area (Å²) in [7, 11) is 0. The lowest BCUT2D eigenvalue weighted by molar-refractivity contribution is -0.000492. The molecule has 3 aliphatic heterocycles. The highest BCUT2D eigenvalue weighted by Crippen LogP contribution is 2.44. The number of Topliss-reactive ketones (excluding diaryl/α,β-unsaturated/α-hetero) is 1. The number of amides is 2. The zero-order valence-corrected chi connectivity index (χ0v) is 31.4.